The van der Waals surface area contributed by atoms with Crippen molar-refractivity contribution in [1.82, 2.24) is 0 Å². The molecule has 0 spiro atoms. The first-order valence-electron chi connectivity index (χ1n) is 6.51. The Labute approximate surface area is 145 Å². The lowest BCUT2D eigenvalue weighted by molar-refractivity contribution is 1.65. The van der Waals surface area contributed by atoms with E-state index in [0.29, 0.717) is 0 Å². The third kappa shape index (κ3) is 3.54. The van der Waals surface area contributed by atoms with Gasteiger partial charge in [-0.25, -0.2) is 0 Å². The maximum absolute atomic E-state index is 3.44. The summed E-state index contributed by atoms with van der Waals surface area (Å²) >= 11 is 8.68. The molecule has 0 N–H and O–H groups in total. The van der Waals surface area contributed by atoms with Crippen LogP contribution in [0.2, 0.25) is 0 Å². The van der Waals surface area contributed by atoms with E-state index < -0.39 is 0 Å². The fraction of sp³-hybridized carbons (Fsp3) is 0. The molecule has 1 aromatic heterocycles. The molecule has 0 atom stereocenters. The Bertz CT molecular complexity index is 697. The van der Waals surface area contributed by atoms with Crippen LogP contribution < -0.4 is 0 Å². The first-order valence-corrected chi connectivity index (χ1v) is 8.91. The monoisotopic (exact) mass is 418 g/mol. The molecular weight excluding hydrogens is 408 g/mol. The number of hydrogen-bond donors (Lipinski definition) is 0. The molecule has 0 nitrogen and oxygen atoms in total. The van der Waals surface area contributed by atoms with Crippen molar-refractivity contribution in [2.45, 2.75) is 0 Å². The first-order chi connectivity index (χ1) is 10.2. The van der Waals surface area contributed by atoms with Gasteiger partial charge in [0.2, 0.25) is 0 Å². The van der Waals surface area contributed by atoms with E-state index >= 15 is 0 Å². The number of thiophene rings is 1. The zero-order valence-corrected chi connectivity index (χ0v) is 15.1. The second kappa shape index (κ2) is 6.73. The minimum Gasteiger partial charge on any atom is -0.135 e. The number of hydrogen-bond acceptors (Lipinski definition) is 1. The summed E-state index contributed by atoms with van der Waals surface area (Å²) in [7, 11) is 0. The van der Waals surface area contributed by atoms with E-state index in [1.54, 1.807) is 11.3 Å². The highest BCUT2D eigenvalue weighted by Gasteiger charge is 2.11. The summed E-state index contributed by atoms with van der Waals surface area (Å²) in [6.45, 7) is 0. The summed E-state index contributed by atoms with van der Waals surface area (Å²) in [6, 6.07) is 23.3. The van der Waals surface area contributed by atoms with Gasteiger partial charge in [-0.15, -0.1) is 11.3 Å². The summed E-state index contributed by atoms with van der Waals surface area (Å²) in [5.41, 5.74) is 3.78. The second-order valence-electron chi connectivity index (χ2n) is 4.56. The normalized spacial score (nSPS) is 10.4. The lowest BCUT2D eigenvalue weighted by Gasteiger charge is -2.03. The molecule has 2 aromatic carbocycles. The summed E-state index contributed by atoms with van der Waals surface area (Å²) < 4.78 is 0.954. The Hall–Kier alpha value is -1.16. The van der Waals surface area contributed by atoms with Gasteiger partial charge >= 0.3 is 0 Å². The van der Waals surface area contributed by atoms with Crippen molar-refractivity contribution in [3.63, 3.8) is 0 Å². The fourth-order valence-corrected chi connectivity index (χ4v) is 4.15. The van der Waals surface area contributed by atoms with E-state index in [9.17, 15) is 0 Å². The van der Waals surface area contributed by atoms with Crippen LogP contribution in [0.1, 0.15) is 4.88 Å². The van der Waals surface area contributed by atoms with Crippen LogP contribution in [0.15, 0.2) is 70.1 Å². The van der Waals surface area contributed by atoms with Crippen molar-refractivity contribution in [1.29, 1.82) is 0 Å². The third-order valence-electron chi connectivity index (χ3n) is 3.12. The average Bonchev–Trinajstić information content (AvgIpc) is 2.92. The highest BCUT2D eigenvalue weighted by molar-refractivity contribution is 9.28. The lowest BCUT2D eigenvalue weighted by atomic mass is 10.0. The molecule has 0 saturated heterocycles. The van der Waals surface area contributed by atoms with E-state index in [-0.39, 0.29) is 0 Å². The van der Waals surface area contributed by atoms with Crippen molar-refractivity contribution in [2.75, 3.05) is 0 Å². The van der Waals surface area contributed by atoms with Gasteiger partial charge in [0.25, 0.3) is 0 Å². The number of halogens is 2. The van der Waals surface area contributed by atoms with Crippen molar-refractivity contribution >= 4 is 49.3 Å². The lowest BCUT2D eigenvalue weighted by Crippen LogP contribution is -1.78. The predicted molar refractivity (Wildman–Crippen MR) is 101 cm³/mol. The van der Waals surface area contributed by atoms with E-state index in [1.807, 2.05) is 6.07 Å². The number of rotatable bonds is 3. The standard InChI is InChI=1S/C18H12Br2S/c19-17(20)12-15-11-16(13-7-3-1-4-8-13)18(21-15)14-9-5-2-6-10-14/h1-12H. The minimum atomic E-state index is 0.954. The minimum absolute atomic E-state index is 0.954. The molecule has 0 fully saturated rings. The fourth-order valence-electron chi connectivity index (χ4n) is 2.22. The van der Waals surface area contributed by atoms with Gasteiger partial charge in [0.1, 0.15) is 0 Å². The Balaban J connectivity index is 2.18. The summed E-state index contributed by atoms with van der Waals surface area (Å²) in [4.78, 5) is 2.52. The van der Waals surface area contributed by atoms with Gasteiger partial charge in [-0.1, -0.05) is 60.7 Å². The highest BCUT2D eigenvalue weighted by Crippen LogP contribution is 2.40. The molecule has 1 heterocycles. The molecule has 0 radical (unpaired) electrons. The van der Waals surface area contributed by atoms with Gasteiger partial charge in [-0.3, -0.25) is 0 Å². The maximum Gasteiger partial charge on any atom is 0.0618 e. The van der Waals surface area contributed by atoms with E-state index in [0.717, 1.165) is 3.39 Å². The molecule has 21 heavy (non-hydrogen) atoms. The Morgan fingerprint density at radius 3 is 1.95 bits per heavy atom. The molecular formula is C18H12Br2S. The first kappa shape index (κ1) is 14.8. The van der Waals surface area contributed by atoms with Crippen LogP contribution in [0.4, 0.5) is 0 Å². The molecule has 3 rings (SSSR count). The van der Waals surface area contributed by atoms with Crippen LogP contribution in [0.5, 0.6) is 0 Å². The molecule has 3 aromatic rings. The summed E-state index contributed by atoms with van der Waals surface area (Å²) in [6.07, 6.45) is 2.09. The van der Waals surface area contributed by atoms with Crippen molar-refractivity contribution in [3.8, 4) is 21.6 Å². The highest BCUT2D eigenvalue weighted by atomic mass is 79.9. The van der Waals surface area contributed by atoms with Gasteiger partial charge in [-0.05, 0) is 55.1 Å². The van der Waals surface area contributed by atoms with Crippen LogP contribution in [0.25, 0.3) is 27.6 Å². The van der Waals surface area contributed by atoms with Crippen molar-refractivity contribution in [2.24, 2.45) is 0 Å². The zero-order chi connectivity index (χ0) is 14.7. The van der Waals surface area contributed by atoms with E-state index in [2.05, 4.69) is 98.6 Å². The summed E-state index contributed by atoms with van der Waals surface area (Å²) in [5, 5.41) is 0. The molecule has 104 valence electrons. The van der Waals surface area contributed by atoms with Crippen molar-refractivity contribution in [3.05, 3.63) is 75.0 Å². The molecule has 0 unspecified atom stereocenters. The zero-order valence-electron chi connectivity index (χ0n) is 11.1. The van der Waals surface area contributed by atoms with E-state index in [1.165, 1.54) is 26.4 Å². The molecule has 0 aliphatic rings. The smallest absolute Gasteiger partial charge is 0.0618 e. The third-order valence-corrected chi connectivity index (χ3v) is 4.71. The van der Waals surface area contributed by atoms with Crippen molar-refractivity contribution < 1.29 is 0 Å². The quantitative estimate of drug-likeness (QED) is 0.422. The van der Waals surface area contributed by atoms with Gasteiger partial charge in [-0.2, -0.15) is 0 Å². The Morgan fingerprint density at radius 2 is 1.38 bits per heavy atom. The SMILES string of the molecule is BrC(Br)=Cc1cc(-c2ccccc2)c(-c2ccccc2)s1. The largest absolute Gasteiger partial charge is 0.135 e. The molecule has 0 bridgehead atoms. The molecule has 0 amide bonds. The topological polar surface area (TPSA) is 0 Å². The predicted octanol–water partition coefficient (Wildman–Crippen LogP) is 7.17. The Morgan fingerprint density at radius 1 is 0.810 bits per heavy atom. The second-order valence-corrected chi connectivity index (χ2v) is 8.41. The molecule has 0 aliphatic carbocycles. The van der Waals surface area contributed by atoms with Gasteiger partial charge < -0.3 is 0 Å². The maximum atomic E-state index is 3.44. The Kier molecular flexibility index (Phi) is 4.73. The molecule has 0 saturated carbocycles. The average molecular weight is 420 g/mol. The van der Waals surface area contributed by atoms with Gasteiger partial charge in [0.05, 0.1) is 3.39 Å². The molecule has 3 heteroatoms. The van der Waals surface area contributed by atoms with Crippen LogP contribution in [-0.4, -0.2) is 0 Å². The number of benzene rings is 2. The molecule has 0 aliphatic heterocycles. The van der Waals surface area contributed by atoms with Crippen LogP contribution in [0, 0.1) is 0 Å². The van der Waals surface area contributed by atoms with Gasteiger partial charge in [0.15, 0.2) is 0 Å². The van der Waals surface area contributed by atoms with Gasteiger partial charge in [0, 0.05) is 15.3 Å². The van der Waals surface area contributed by atoms with E-state index in [4.69, 9.17) is 0 Å². The summed E-state index contributed by atoms with van der Waals surface area (Å²) in [5.74, 6) is 0. The van der Waals surface area contributed by atoms with Crippen LogP contribution in [0.3, 0.4) is 0 Å². The van der Waals surface area contributed by atoms with Crippen LogP contribution in [-0.2, 0) is 0 Å². The van der Waals surface area contributed by atoms with Crippen LogP contribution >= 0.6 is 43.2 Å².